The van der Waals surface area contributed by atoms with Crippen molar-refractivity contribution in [2.75, 3.05) is 37.6 Å². The van der Waals surface area contributed by atoms with Gasteiger partial charge in [-0.25, -0.2) is 9.97 Å². The van der Waals surface area contributed by atoms with Crippen LogP contribution in [0.2, 0.25) is 0 Å². The minimum atomic E-state index is -0.311. The molecule has 0 aromatic carbocycles. The molecule has 3 aliphatic heterocycles. The van der Waals surface area contributed by atoms with E-state index in [-0.39, 0.29) is 24.2 Å². The summed E-state index contributed by atoms with van der Waals surface area (Å²) in [6.45, 7) is 4.89. The molecule has 7 nitrogen and oxygen atoms in total. The van der Waals surface area contributed by atoms with E-state index < -0.39 is 0 Å². The van der Waals surface area contributed by atoms with Crippen LogP contribution in [0.5, 0.6) is 0 Å². The maximum Gasteiger partial charge on any atom is 0.249 e. The summed E-state index contributed by atoms with van der Waals surface area (Å²) in [7, 11) is 0. The molecule has 0 radical (unpaired) electrons. The van der Waals surface area contributed by atoms with Crippen molar-refractivity contribution in [2.24, 2.45) is 0 Å². The van der Waals surface area contributed by atoms with Crippen LogP contribution in [-0.2, 0) is 9.53 Å². The highest BCUT2D eigenvalue weighted by Gasteiger charge is 2.42. The molecule has 0 spiro atoms. The molecule has 0 aliphatic carbocycles. The second-order valence-corrected chi connectivity index (χ2v) is 7.53. The third-order valence-electron chi connectivity index (χ3n) is 5.83. The first-order chi connectivity index (χ1) is 12.8. The number of hydrogen-bond acceptors (Lipinski definition) is 6. The van der Waals surface area contributed by atoms with Gasteiger partial charge in [-0.1, -0.05) is 6.42 Å². The van der Waals surface area contributed by atoms with Crippen molar-refractivity contribution in [2.45, 2.75) is 56.8 Å². The van der Waals surface area contributed by atoms with Crippen LogP contribution in [0.15, 0.2) is 18.5 Å². The highest BCUT2D eigenvalue weighted by Crippen LogP contribution is 2.33. The van der Waals surface area contributed by atoms with Gasteiger partial charge < -0.3 is 19.9 Å². The topological polar surface area (TPSA) is 70.6 Å². The van der Waals surface area contributed by atoms with E-state index in [4.69, 9.17) is 4.74 Å². The van der Waals surface area contributed by atoms with E-state index in [1.54, 1.807) is 12.4 Å². The van der Waals surface area contributed by atoms with E-state index in [9.17, 15) is 4.79 Å². The monoisotopic (exact) mass is 359 g/mol. The SMILES string of the molecule is O=C(NCCN1CCCCC1)[C@@H]1CC[C@@H]2[C@@H](CCN2c2ncccn2)O1. The van der Waals surface area contributed by atoms with Gasteiger partial charge in [-0.05, 0) is 51.3 Å². The Bertz CT molecular complexity index is 593. The van der Waals surface area contributed by atoms with Crippen molar-refractivity contribution >= 4 is 11.9 Å². The summed E-state index contributed by atoms with van der Waals surface area (Å²) in [4.78, 5) is 25.9. The first kappa shape index (κ1) is 17.7. The minimum Gasteiger partial charge on any atom is -0.363 e. The van der Waals surface area contributed by atoms with Gasteiger partial charge in [0, 0.05) is 32.0 Å². The predicted molar refractivity (Wildman–Crippen MR) is 99.0 cm³/mol. The van der Waals surface area contributed by atoms with Gasteiger partial charge in [-0.2, -0.15) is 0 Å². The molecule has 0 saturated carbocycles. The lowest BCUT2D eigenvalue weighted by atomic mass is 9.99. The highest BCUT2D eigenvalue weighted by atomic mass is 16.5. The van der Waals surface area contributed by atoms with Crippen molar-refractivity contribution < 1.29 is 9.53 Å². The minimum absolute atomic E-state index is 0.0508. The molecule has 1 amide bonds. The van der Waals surface area contributed by atoms with Crippen molar-refractivity contribution in [3.05, 3.63) is 18.5 Å². The second-order valence-electron chi connectivity index (χ2n) is 7.53. The van der Waals surface area contributed by atoms with E-state index in [1.807, 2.05) is 6.07 Å². The average molecular weight is 359 g/mol. The molecule has 3 aliphatic rings. The lowest BCUT2D eigenvalue weighted by Gasteiger charge is -2.35. The van der Waals surface area contributed by atoms with Crippen LogP contribution in [0.1, 0.15) is 38.5 Å². The van der Waals surface area contributed by atoms with Crippen LogP contribution in [0.25, 0.3) is 0 Å². The molecule has 1 N–H and O–H groups in total. The number of amides is 1. The summed E-state index contributed by atoms with van der Waals surface area (Å²) in [5, 5.41) is 3.08. The molecule has 4 heterocycles. The molecular formula is C19H29N5O2. The van der Waals surface area contributed by atoms with Crippen molar-refractivity contribution in [3.63, 3.8) is 0 Å². The molecule has 3 fully saturated rings. The van der Waals surface area contributed by atoms with Gasteiger partial charge in [0.15, 0.2) is 0 Å². The van der Waals surface area contributed by atoms with Crippen LogP contribution < -0.4 is 10.2 Å². The quantitative estimate of drug-likeness (QED) is 0.852. The number of fused-ring (bicyclic) bond motifs is 1. The number of rotatable bonds is 5. The van der Waals surface area contributed by atoms with Gasteiger partial charge in [0.05, 0.1) is 12.1 Å². The number of nitrogens with one attached hydrogen (secondary N) is 1. The third-order valence-corrected chi connectivity index (χ3v) is 5.83. The number of hydrogen-bond donors (Lipinski definition) is 1. The Morgan fingerprint density at radius 2 is 1.92 bits per heavy atom. The lowest BCUT2D eigenvalue weighted by Crippen LogP contribution is -2.49. The highest BCUT2D eigenvalue weighted by molar-refractivity contribution is 5.80. The molecule has 4 rings (SSSR count). The Labute approximate surface area is 155 Å². The van der Waals surface area contributed by atoms with Crippen LogP contribution in [0.4, 0.5) is 5.95 Å². The summed E-state index contributed by atoms with van der Waals surface area (Å²) in [5.41, 5.74) is 0. The lowest BCUT2D eigenvalue weighted by molar-refractivity contribution is -0.141. The number of anilines is 1. The average Bonchev–Trinajstić information content (AvgIpc) is 3.12. The van der Waals surface area contributed by atoms with E-state index in [0.717, 1.165) is 57.9 Å². The van der Waals surface area contributed by atoms with Crippen LogP contribution in [0, 0.1) is 0 Å². The Morgan fingerprint density at radius 3 is 2.73 bits per heavy atom. The standard InChI is InChI=1S/C19H29N5O2/c25-18(20-10-14-23-11-2-1-3-12-23)17-6-5-15-16(26-17)7-13-24(15)19-21-8-4-9-22-19/h4,8-9,15-17H,1-3,5-7,10-14H2,(H,20,25)/t15-,16-,17+/m1/s1. The zero-order valence-electron chi connectivity index (χ0n) is 15.3. The fraction of sp³-hybridized carbons (Fsp3) is 0.737. The summed E-state index contributed by atoms with van der Waals surface area (Å²) in [5.74, 6) is 0.822. The number of likely N-dealkylation sites (tertiary alicyclic amines) is 1. The second kappa shape index (κ2) is 8.31. The summed E-state index contributed by atoms with van der Waals surface area (Å²) >= 11 is 0. The van der Waals surface area contributed by atoms with Crippen molar-refractivity contribution in [1.82, 2.24) is 20.2 Å². The molecular weight excluding hydrogens is 330 g/mol. The fourth-order valence-corrected chi connectivity index (χ4v) is 4.44. The normalized spacial score (nSPS) is 29.4. The van der Waals surface area contributed by atoms with Gasteiger partial charge >= 0.3 is 0 Å². The molecule has 142 valence electrons. The van der Waals surface area contributed by atoms with Crippen LogP contribution in [-0.4, -0.2) is 71.7 Å². The molecule has 3 atom stereocenters. The molecule has 3 saturated heterocycles. The van der Waals surface area contributed by atoms with Gasteiger partial charge in [-0.3, -0.25) is 4.79 Å². The molecule has 26 heavy (non-hydrogen) atoms. The number of piperidine rings is 1. The Hall–Kier alpha value is -1.73. The summed E-state index contributed by atoms with van der Waals surface area (Å²) < 4.78 is 6.14. The zero-order valence-corrected chi connectivity index (χ0v) is 15.3. The van der Waals surface area contributed by atoms with Crippen molar-refractivity contribution in [3.8, 4) is 0 Å². The number of nitrogens with zero attached hydrogens (tertiary/aromatic N) is 4. The smallest absolute Gasteiger partial charge is 0.249 e. The van der Waals surface area contributed by atoms with Crippen LogP contribution in [0.3, 0.4) is 0 Å². The number of ether oxygens (including phenoxy) is 1. The van der Waals surface area contributed by atoms with Crippen LogP contribution >= 0.6 is 0 Å². The first-order valence-electron chi connectivity index (χ1n) is 10.0. The molecule has 1 aromatic rings. The maximum absolute atomic E-state index is 12.5. The van der Waals surface area contributed by atoms with Gasteiger partial charge in [0.25, 0.3) is 0 Å². The van der Waals surface area contributed by atoms with Gasteiger partial charge in [-0.15, -0.1) is 0 Å². The number of carbonyl (C=O) groups excluding carboxylic acids is 1. The Kier molecular flexibility index (Phi) is 5.65. The van der Waals surface area contributed by atoms with Gasteiger partial charge in [0.1, 0.15) is 6.10 Å². The fourth-order valence-electron chi connectivity index (χ4n) is 4.44. The Morgan fingerprint density at radius 1 is 1.12 bits per heavy atom. The largest absolute Gasteiger partial charge is 0.363 e. The number of aromatic nitrogens is 2. The first-order valence-corrected chi connectivity index (χ1v) is 10.0. The van der Waals surface area contributed by atoms with E-state index in [2.05, 4.69) is 25.1 Å². The van der Waals surface area contributed by atoms with Crippen molar-refractivity contribution in [1.29, 1.82) is 0 Å². The summed E-state index contributed by atoms with van der Waals surface area (Å²) in [6.07, 6.45) is 9.89. The molecule has 0 unspecified atom stereocenters. The van der Waals surface area contributed by atoms with E-state index in [0.29, 0.717) is 0 Å². The molecule has 1 aromatic heterocycles. The zero-order chi connectivity index (χ0) is 17.8. The van der Waals surface area contributed by atoms with E-state index >= 15 is 0 Å². The van der Waals surface area contributed by atoms with E-state index in [1.165, 1.54) is 19.3 Å². The predicted octanol–water partition coefficient (Wildman–Crippen LogP) is 1.20. The summed E-state index contributed by atoms with van der Waals surface area (Å²) in [6, 6.07) is 2.12. The Balaban J connectivity index is 1.24. The van der Waals surface area contributed by atoms with Gasteiger partial charge in [0.2, 0.25) is 11.9 Å². The number of carbonyl (C=O) groups is 1. The third kappa shape index (κ3) is 3.99. The maximum atomic E-state index is 12.5. The molecule has 0 bridgehead atoms. The molecule has 7 heteroatoms.